The number of rotatable bonds is 4. The Hall–Kier alpha value is -1.35. The summed E-state index contributed by atoms with van der Waals surface area (Å²) in [5.74, 6) is 0. The van der Waals surface area contributed by atoms with E-state index in [1.807, 2.05) is 0 Å². The SMILES string of the molecule is CC(O)CN(C)C(=O)NCc1nc(C(F)(F)F)cs1. The molecule has 108 valence electrons. The summed E-state index contributed by atoms with van der Waals surface area (Å²) in [5, 5.41) is 12.6. The van der Waals surface area contributed by atoms with Crippen LogP contribution in [-0.4, -0.2) is 40.7 Å². The molecule has 0 fully saturated rings. The number of thiazole rings is 1. The highest BCUT2D eigenvalue weighted by Crippen LogP contribution is 2.29. The molecule has 0 aliphatic carbocycles. The molecule has 0 aromatic carbocycles. The predicted molar refractivity (Wildman–Crippen MR) is 63.7 cm³/mol. The van der Waals surface area contributed by atoms with Crippen molar-refractivity contribution in [3.8, 4) is 0 Å². The number of alkyl halides is 3. The lowest BCUT2D eigenvalue weighted by atomic mass is 10.4. The van der Waals surface area contributed by atoms with Gasteiger partial charge in [0.05, 0.1) is 12.6 Å². The molecule has 0 aliphatic rings. The Bertz CT molecular complexity index is 434. The van der Waals surface area contributed by atoms with Gasteiger partial charge in [0.15, 0.2) is 5.69 Å². The third-order valence-electron chi connectivity index (χ3n) is 2.12. The molecular formula is C10H14F3N3O2S. The second-order valence-electron chi connectivity index (χ2n) is 4.01. The van der Waals surface area contributed by atoms with Crippen molar-refractivity contribution in [1.29, 1.82) is 0 Å². The van der Waals surface area contributed by atoms with Crippen LogP contribution < -0.4 is 5.32 Å². The summed E-state index contributed by atoms with van der Waals surface area (Å²) in [6, 6.07) is -0.482. The first-order valence-corrected chi connectivity index (χ1v) is 6.26. The van der Waals surface area contributed by atoms with Crippen LogP contribution in [0.15, 0.2) is 5.38 Å². The molecule has 1 rings (SSSR count). The van der Waals surface area contributed by atoms with Crippen molar-refractivity contribution in [3.63, 3.8) is 0 Å². The molecule has 0 aliphatic heterocycles. The molecule has 9 heteroatoms. The number of aromatic nitrogens is 1. The first-order chi connectivity index (χ1) is 8.70. The van der Waals surface area contributed by atoms with Gasteiger partial charge in [-0.3, -0.25) is 0 Å². The topological polar surface area (TPSA) is 65.5 Å². The van der Waals surface area contributed by atoms with Gasteiger partial charge in [0.2, 0.25) is 0 Å². The van der Waals surface area contributed by atoms with Crippen LogP contribution in [-0.2, 0) is 12.7 Å². The molecule has 1 aromatic rings. The zero-order chi connectivity index (χ0) is 14.6. The van der Waals surface area contributed by atoms with Crippen LogP contribution in [0.1, 0.15) is 17.6 Å². The van der Waals surface area contributed by atoms with Gasteiger partial charge in [-0.25, -0.2) is 9.78 Å². The maximum Gasteiger partial charge on any atom is 0.434 e. The van der Waals surface area contributed by atoms with Crippen LogP contribution in [0.5, 0.6) is 0 Å². The number of hydrogen-bond acceptors (Lipinski definition) is 4. The van der Waals surface area contributed by atoms with Crippen LogP contribution in [0.4, 0.5) is 18.0 Å². The molecule has 2 N–H and O–H groups in total. The number of aliphatic hydroxyl groups is 1. The fraction of sp³-hybridized carbons (Fsp3) is 0.600. The Balaban J connectivity index is 2.49. The fourth-order valence-electron chi connectivity index (χ4n) is 1.29. The van der Waals surface area contributed by atoms with Gasteiger partial charge >= 0.3 is 12.2 Å². The molecule has 1 heterocycles. The number of likely N-dealkylation sites (N-methyl/N-ethyl adjacent to an activating group) is 1. The molecule has 0 saturated carbocycles. The lowest BCUT2D eigenvalue weighted by molar-refractivity contribution is -0.140. The molecule has 0 spiro atoms. The zero-order valence-corrected chi connectivity index (χ0v) is 11.2. The Morgan fingerprint density at radius 3 is 2.74 bits per heavy atom. The lowest BCUT2D eigenvalue weighted by Gasteiger charge is -2.18. The minimum atomic E-state index is -4.47. The minimum Gasteiger partial charge on any atom is -0.392 e. The van der Waals surface area contributed by atoms with Crippen molar-refractivity contribution < 1.29 is 23.1 Å². The molecule has 19 heavy (non-hydrogen) atoms. The van der Waals surface area contributed by atoms with Gasteiger partial charge in [-0.05, 0) is 6.92 Å². The van der Waals surface area contributed by atoms with Gasteiger partial charge in [-0.15, -0.1) is 11.3 Å². The average molecular weight is 297 g/mol. The number of carbonyl (C=O) groups excluding carboxylic acids is 1. The standard InChI is InChI=1S/C10H14F3N3O2S/c1-6(17)4-16(2)9(18)14-3-8-15-7(5-19-8)10(11,12)13/h5-6,17H,3-4H2,1-2H3,(H,14,18). The molecule has 1 aromatic heterocycles. The first-order valence-electron chi connectivity index (χ1n) is 5.38. The fourth-order valence-corrected chi connectivity index (χ4v) is 2.03. The van der Waals surface area contributed by atoms with E-state index in [1.54, 1.807) is 0 Å². The third kappa shape index (κ3) is 5.03. The smallest absolute Gasteiger partial charge is 0.392 e. The van der Waals surface area contributed by atoms with Crippen molar-refractivity contribution in [2.75, 3.05) is 13.6 Å². The summed E-state index contributed by atoms with van der Waals surface area (Å²) < 4.78 is 36.9. The summed E-state index contributed by atoms with van der Waals surface area (Å²) in [6.07, 6.45) is -5.14. The molecule has 1 atom stereocenters. The molecule has 2 amide bonds. The monoisotopic (exact) mass is 297 g/mol. The van der Waals surface area contributed by atoms with Gasteiger partial charge in [0, 0.05) is 19.0 Å². The highest BCUT2D eigenvalue weighted by molar-refractivity contribution is 7.09. The van der Waals surface area contributed by atoms with Gasteiger partial charge < -0.3 is 15.3 Å². The maximum atomic E-state index is 12.3. The number of nitrogens with one attached hydrogen (secondary N) is 1. The Labute approximate surface area is 112 Å². The molecule has 0 bridgehead atoms. The zero-order valence-electron chi connectivity index (χ0n) is 10.4. The average Bonchev–Trinajstić information content (AvgIpc) is 2.72. The molecular weight excluding hydrogens is 283 g/mol. The number of urea groups is 1. The predicted octanol–water partition coefficient (Wildman–Crippen LogP) is 1.68. The summed E-state index contributed by atoms with van der Waals surface area (Å²) in [7, 11) is 1.48. The van der Waals surface area contributed by atoms with E-state index in [0.29, 0.717) is 0 Å². The van der Waals surface area contributed by atoms with Crippen LogP contribution in [0.3, 0.4) is 0 Å². The van der Waals surface area contributed by atoms with Crippen molar-refractivity contribution in [2.45, 2.75) is 25.7 Å². The van der Waals surface area contributed by atoms with Crippen LogP contribution in [0.25, 0.3) is 0 Å². The second kappa shape index (κ2) is 6.20. The van der Waals surface area contributed by atoms with E-state index in [1.165, 1.54) is 18.9 Å². The summed E-state index contributed by atoms with van der Waals surface area (Å²) >= 11 is 0.830. The van der Waals surface area contributed by atoms with Crippen LogP contribution in [0, 0.1) is 0 Å². The Kier molecular flexibility index (Phi) is 5.12. The van der Waals surface area contributed by atoms with Gasteiger partial charge in [-0.1, -0.05) is 0 Å². The molecule has 5 nitrogen and oxygen atoms in total. The Morgan fingerprint density at radius 2 is 2.26 bits per heavy atom. The minimum absolute atomic E-state index is 0.0796. The normalized spacial score (nSPS) is 13.2. The van der Waals surface area contributed by atoms with E-state index in [2.05, 4.69) is 10.3 Å². The van der Waals surface area contributed by atoms with Crippen molar-refractivity contribution >= 4 is 17.4 Å². The number of amides is 2. The highest BCUT2D eigenvalue weighted by atomic mass is 32.1. The van der Waals surface area contributed by atoms with E-state index < -0.39 is 24.0 Å². The van der Waals surface area contributed by atoms with Crippen molar-refractivity contribution in [1.82, 2.24) is 15.2 Å². The maximum absolute atomic E-state index is 12.3. The largest absolute Gasteiger partial charge is 0.434 e. The lowest BCUT2D eigenvalue weighted by Crippen LogP contribution is -2.40. The number of halogens is 3. The first kappa shape index (κ1) is 15.7. The summed E-state index contributed by atoms with van der Waals surface area (Å²) in [5.41, 5.74) is -0.959. The number of aliphatic hydroxyl groups excluding tert-OH is 1. The molecule has 0 saturated heterocycles. The number of hydrogen-bond donors (Lipinski definition) is 2. The van der Waals surface area contributed by atoms with E-state index in [4.69, 9.17) is 5.11 Å². The van der Waals surface area contributed by atoms with Gasteiger partial charge in [0.1, 0.15) is 5.01 Å². The van der Waals surface area contributed by atoms with Gasteiger partial charge in [-0.2, -0.15) is 13.2 Å². The number of nitrogens with zero attached hydrogens (tertiary/aromatic N) is 2. The third-order valence-corrected chi connectivity index (χ3v) is 2.97. The number of carbonyl (C=O) groups is 1. The quantitative estimate of drug-likeness (QED) is 0.888. The van der Waals surface area contributed by atoms with E-state index in [0.717, 1.165) is 16.7 Å². The second-order valence-corrected chi connectivity index (χ2v) is 4.96. The molecule has 1 unspecified atom stereocenters. The van der Waals surface area contributed by atoms with Crippen molar-refractivity contribution in [2.24, 2.45) is 0 Å². The van der Waals surface area contributed by atoms with Crippen LogP contribution in [0.2, 0.25) is 0 Å². The van der Waals surface area contributed by atoms with E-state index in [9.17, 15) is 18.0 Å². The summed E-state index contributed by atoms with van der Waals surface area (Å²) in [4.78, 5) is 16.1. The van der Waals surface area contributed by atoms with E-state index in [-0.39, 0.29) is 18.1 Å². The van der Waals surface area contributed by atoms with Crippen molar-refractivity contribution in [3.05, 3.63) is 16.1 Å². The van der Waals surface area contributed by atoms with E-state index >= 15 is 0 Å². The highest BCUT2D eigenvalue weighted by Gasteiger charge is 2.33. The van der Waals surface area contributed by atoms with Gasteiger partial charge in [0.25, 0.3) is 0 Å². The molecule has 0 radical (unpaired) electrons. The van der Waals surface area contributed by atoms with Crippen LogP contribution >= 0.6 is 11.3 Å². The Morgan fingerprint density at radius 1 is 1.63 bits per heavy atom. The summed E-state index contributed by atoms with van der Waals surface area (Å²) in [6.45, 7) is 1.58.